The molecule has 1 unspecified atom stereocenters. The second-order valence-electron chi connectivity index (χ2n) is 7.05. The van der Waals surface area contributed by atoms with Crippen LogP contribution in [0.3, 0.4) is 0 Å². The lowest BCUT2D eigenvalue weighted by molar-refractivity contribution is 0.0578. The van der Waals surface area contributed by atoms with E-state index in [1.54, 1.807) is 0 Å². The van der Waals surface area contributed by atoms with Crippen molar-refractivity contribution < 1.29 is 5.11 Å². The second-order valence-corrected chi connectivity index (χ2v) is 7.05. The molecule has 1 saturated heterocycles. The summed E-state index contributed by atoms with van der Waals surface area (Å²) in [5.74, 6) is 0.512. The molecule has 0 saturated carbocycles. The van der Waals surface area contributed by atoms with Crippen LogP contribution in [0.5, 0.6) is 0 Å². The molecule has 1 aliphatic rings. The van der Waals surface area contributed by atoms with Crippen LogP contribution in [0.25, 0.3) is 0 Å². The zero-order valence-corrected chi connectivity index (χ0v) is 12.9. The van der Waals surface area contributed by atoms with Gasteiger partial charge in [0.05, 0.1) is 6.10 Å². The Morgan fingerprint density at radius 3 is 2.22 bits per heavy atom. The number of aliphatic hydroxyl groups is 1. The van der Waals surface area contributed by atoms with Gasteiger partial charge >= 0.3 is 0 Å². The number of aliphatic hydroxyl groups excluding tert-OH is 1. The maximum Gasteiger partial charge on any atom is 0.0541 e. The fraction of sp³-hybridized carbons (Fsp3) is 1.00. The van der Waals surface area contributed by atoms with Gasteiger partial charge in [-0.3, -0.25) is 0 Å². The average molecular weight is 256 g/mol. The van der Waals surface area contributed by atoms with Crippen LogP contribution >= 0.6 is 0 Å². The summed E-state index contributed by atoms with van der Waals surface area (Å²) in [4.78, 5) is 2.56. The van der Waals surface area contributed by atoms with Crippen molar-refractivity contribution in [2.24, 2.45) is 11.3 Å². The van der Waals surface area contributed by atoms with E-state index in [0.717, 1.165) is 39.0 Å². The molecule has 0 radical (unpaired) electrons. The minimum Gasteiger partial charge on any atom is -0.393 e. The predicted octanol–water partition coefficient (Wildman–Crippen LogP) is 2.10. The molecule has 18 heavy (non-hydrogen) atoms. The van der Waals surface area contributed by atoms with Gasteiger partial charge in [-0.05, 0) is 44.2 Å². The molecule has 1 atom stereocenters. The zero-order valence-electron chi connectivity index (χ0n) is 12.9. The minimum atomic E-state index is -0.136. The van der Waals surface area contributed by atoms with Gasteiger partial charge < -0.3 is 15.3 Å². The van der Waals surface area contributed by atoms with E-state index < -0.39 is 0 Å². The van der Waals surface area contributed by atoms with Gasteiger partial charge in [0, 0.05) is 19.1 Å². The Morgan fingerprint density at radius 1 is 1.22 bits per heavy atom. The second kappa shape index (κ2) is 6.88. The van der Waals surface area contributed by atoms with Crippen LogP contribution in [0.1, 0.15) is 47.5 Å². The quantitative estimate of drug-likeness (QED) is 0.764. The van der Waals surface area contributed by atoms with E-state index in [0.29, 0.717) is 17.4 Å². The van der Waals surface area contributed by atoms with E-state index in [4.69, 9.17) is 0 Å². The van der Waals surface area contributed by atoms with Crippen molar-refractivity contribution in [3.05, 3.63) is 0 Å². The minimum absolute atomic E-state index is 0.136. The Balaban J connectivity index is 2.31. The van der Waals surface area contributed by atoms with Crippen LogP contribution in [0.2, 0.25) is 0 Å². The Bertz CT molecular complexity index is 231. The highest BCUT2D eigenvalue weighted by Crippen LogP contribution is 2.24. The van der Waals surface area contributed by atoms with E-state index in [1.807, 2.05) is 6.92 Å². The lowest BCUT2D eigenvalue weighted by atomic mass is 9.88. The molecule has 1 fully saturated rings. The molecule has 0 bridgehead atoms. The van der Waals surface area contributed by atoms with E-state index in [-0.39, 0.29) is 6.10 Å². The maximum atomic E-state index is 9.61. The molecule has 1 aliphatic heterocycles. The van der Waals surface area contributed by atoms with E-state index in [1.165, 1.54) is 0 Å². The van der Waals surface area contributed by atoms with Crippen molar-refractivity contribution >= 4 is 0 Å². The molecule has 0 aromatic rings. The Hall–Kier alpha value is -0.120. The monoisotopic (exact) mass is 256 g/mol. The predicted molar refractivity (Wildman–Crippen MR) is 77.8 cm³/mol. The van der Waals surface area contributed by atoms with Gasteiger partial charge in [-0.25, -0.2) is 0 Å². The number of hydrogen-bond donors (Lipinski definition) is 2. The van der Waals surface area contributed by atoms with Gasteiger partial charge in [-0.2, -0.15) is 0 Å². The van der Waals surface area contributed by atoms with Gasteiger partial charge in [0.15, 0.2) is 0 Å². The highest BCUT2D eigenvalue weighted by molar-refractivity contribution is 4.81. The summed E-state index contributed by atoms with van der Waals surface area (Å²) >= 11 is 0. The van der Waals surface area contributed by atoms with Crippen LogP contribution in [0, 0.1) is 11.3 Å². The molecule has 2 N–H and O–H groups in total. The summed E-state index contributed by atoms with van der Waals surface area (Å²) in [6.45, 7) is 15.5. The van der Waals surface area contributed by atoms with Crippen LogP contribution in [-0.4, -0.2) is 48.3 Å². The van der Waals surface area contributed by atoms with Gasteiger partial charge in [-0.15, -0.1) is 0 Å². The summed E-state index contributed by atoms with van der Waals surface area (Å²) in [6.07, 6.45) is 2.15. The molecule has 0 spiro atoms. The number of nitrogens with one attached hydrogen (secondary N) is 1. The first-order valence-corrected chi connectivity index (χ1v) is 7.44. The fourth-order valence-corrected chi connectivity index (χ4v) is 2.74. The largest absolute Gasteiger partial charge is 0.393 e. The molecule has 1 heterocycles. The smallest absolute Gasteiger partial charge is 0.0541 e. The van der Waals surface area contributed by atoms with Crippen molar-refractivity contribution in [3.63, 3.8) is 0 Å². The lowest BCUT2D eigenvalue weighted by Crippen LogP contribution is -2.45. The standard InChI is InChI=1S/C15H32N2O/c1-12(2)16-10-15(4,5)11-17-8-6-14(7-9-17)13(3)18/h12-14,16,18H,6-11H2,1-5H3. The summed E-state index contributed by atoms with van der Waals surface area (Å²) in [5, 5.41) is 13.1. The molecule has 0 aromatic heterocycles. The van der Waals surface area contributed by atoms with Crippen molar-refractivity contribution in [1.82, 2.24) is 10.2 Å². The van der Waals surface area contributed by atoms with Crippen LogP contribution in [0.15, 0.2) is 0 Å². The molecule has 0 amide bonds. The molecular weight excluding hydrogens is 224 g/mol. The van der Waals surface area contributed by atoms with Crippen molar-refractivity contribution in [2.75, 3.05) is 26.2 Å². The van der Waals surface area contributed by atoms with Crippen LogP contribution < -0.4 is 5.32 Å². The molecular formula is C15H32N2O. The van der Waals surface area contributed by atoms with Crippen LogP contribution in [-0.2, 0) is 0 Å². The van der Waals surface area contributed by atoms with Gasteiger partial charge in [0.2, 0.25) is 0 Å². The van der Waals surface area contributed by atoms with E-state index >= 15 is 0 Å². The first-order chi connectivity index (χ1) is 8.30. The van der Waals surface area contributed by atoms with Gasteiger partial charge in [0.25, 0.3) is 0 Å². The number of piperidine rings is 1. The molecule has 3 nitrogen and oxygen atoms in total. The summed E-state index contributed by atoms with van der Waals surface area (Å²) in [5.41, 5.74) is 0.321. The first-order valence-electron chi connectivity index (χ1n) is 7.44. The van der Waals surface area contributed by atoms with Crippen molar-refractivity contribution in [3.8, 4) is 0 Å². The summed E-state index contributed by atoms with van der Waals surface area (Å²) in [7, 11) is 0. The van der Waals surface area contributed by atoms with E-state index in [2.05, 4.69) is 37.9 Å². The molecule has 108 valence electrons. The van der Waals surface area contributed by atoms with Crippen molar-refractivity contribution in [2.45, 2.75) is 59.6 Å². The van der Waals surface area contributed by atoms with E-state index in [9.17, 15) is 5.11 Å². The number of likely N-dealkylation sites (tertiary alicyclic amines) is 1. The molecule has 1 rings (SSSR count). The Kier molecular flexibility index (Phi) is 6.09. The van der Waals surface area contributed by atoms with Gasteiger partial charge in [0.1, 0.15) is 0 Å². The normalized spacial score (nSPS) is 21.5. The third-order valence-electron chi connectivity index (χ3n) is 3.95. The highest BCUT2D eigenvalue weighted by Gasteiger charge is 2.27. The molecule has 0 aromatic carbocycles. The lowest BCUT2D eigenvalue weighted by Gasteiger charge is -2.38. The van der Waals surface area contributed by atoms with Gasteiger partial charge in [-0.1, -0.05) is 27.7 Å². The number of hydrogen-bond acceptors (Lipinski definition) is 3. The number of rotatable bonds is 6. The number of nitrogens with zero attached hydrogens (tertiary/aromatic N) is 1. The Labute approximate surface area is 113 Å². The molecule has 0 aliphatic carbocycles. The summed E-state index contributed by atoms with van der Waals surface area (Å²) < 4.78 is 0. The third kappa shape index (κ3) is 5.68. The molecule has 3 heteroatoms. The maximum absolute atomic E-state index is 9.61. The fourth-order valence-electron chi connectivity index (χ4n) is 2.74. The average Bonchev–Trinajstić information content (AvgIpc) is 2.27. The SMILES string of the molecule is CC(C)NCC(C)(C)CN1CCC(C(C)O)CC1. The summed E-state index contributed by atoms with van der Waals surface area (Å²) in [6, 6.07) is 0.560. The first kappa shape index (κ1) is 15.9. The zero-order chi connectivity index (χ0) is 13.8. The van der Waals surface area contributed by atoms with Crippen LogP contribution in [0.4, 0.5) is 0 Å². The Morgan fingerprint density at radius 2 is 1.78 bits per heavy atom. The third-order valence-corrected chi connectivity index (χ3v) is 3.95. The highest BCUT2D eigenvalue weighted by atomic mass is 16.3. The topological polar surface area (TPSA) is 35.5 Å². The van der Waals surface area contributed by atoms with Crippen molar-refractivity contribution in [1.29, 1.82) is 0 Å².